The number of nitrogen functional groups attached to an aromatic ring is 1. The molecule has 0 radical (unpaired) electrons. The van der Waals surface area contributed by atoms with E-state index in [-0.39, 0.29) is 23.6 Å². The van der Waals surface area contributed by atoms with E-state index in [0.717, 1.165) is 12.1 Å². The second-order valence-electron chi connectivity index (χ2n) is 4.42. The first-order valence-electron chi connectivity index (χ1n) is 5.30. The molecule has 0 amide bonds. The number of hydrogen-bond donors (Lipinski definition) is 2. The molecule has 0 aromatic heterocycles. The number of aliphatic carboxylic acids is 1. The molecule has 17 heavy (non-hydrogen) atoms. The van der Waals surface area contributed by atoms with Gasteiger partial charge in [-0.25, -0.2) is 8.78 Å². The van der Waals surface area contributed by atoms with Crippen LogP contribution in [0.5, 0.6) is 0 Å². The van der Waals surface area contributed by atoms with Crippen LogP contribution in [0, 0.1) is 17.6 Å². The second kappa shape index (κ2) is 5.12. The van der Waals surface area contributed by atoms with Gasteiger partial charge in [0.1, 0.15) is 11.6 Å². The van der Waals surface area contributed by atoms with Gasteiger partial charge in [0.15, 0.2) is 0 Å². The zero-order chi connectivity index (χ0) is 13.2. The predicted octanol–water partition coefficient (Wildman–Crippen LogP) is 2.76. The van der Waals surface area contributed by atoms with Gasteiger partial charge in [-0.2, -0.15) is 0 Å². The summed E-state index contributed by atoms with van der Waals surface area (Å²) in [6.07, 6.45) is 0.246. The number of halogens is 2. The summed E-state index contributed by atoms with van der Waals surface area (Å²) < 4.78 is 26.8. The van der Waals surface area contributed by atoms with E-state index in [2.05, 4.69) is 0 Å². The highest BCUT2D eigenvalue weighted by molar-refractivity contribution is 5.76. The monoisotopic (exact) mass is 243 g/mol. The summed E-state index contributed by atoms with van der Waals surface area (Å²) in [5.41, 5.74) is 4.73. The molecular formula is C12H15F2NO2. The van der Waals surface area contributed by atoms with Gasteiger partial charge in [-0.1, -0.05) is 13.8 Å². The van der Waals surface area contributed by atoms with Gasteiger partial charge in [0.2, 0.25) is 0 Å². The number of hydrogen-bond acceptors (Lipinski definition) is 2. The Kier molecular flexibility index (Phi) is 4.04. The third-order valence-electron chi connectivity index (χ3n) is 2.50. The van der Waals surface area contributed by atoms with Crippen molar-refractivity contribution in [3.63, 3.8) is 0 Å². The molecule has 0 saturated heterocycles. The van der Waals surface area contributed by atoms with Crippen LogP contribution in [0.1, 0.15) is 31.7 Å². The first kappa shape index (κ1) is 13.4. The Hall–Kier alpha value is -1.65. The molecule has 0 aliphatic carbocycles. The third kappa shape index (κ3) is 3.15. The Morgan fingerprint density at radius 1 is 1.35 bits per heavy atom. The fourth-order valence-corrected chi connectivity index (χ4v) is 1.68. The summed E-state index contributed by atoms with van der Waals surface area (Å²) in [4.78, 5) is 11.1. The SMILES string of the molecule is CC(C)CC(C(=O)O)c1cc(F)c(N)cc1F. The standard InChI is InChI=1S/C12H15F2NO2/c1-6(2)3-8(12(16)17)7-4-10(14)11(15)5-9(7)13/h4-6,8H,3,15H2,1-2H3,(H,16,17). The minimum atomic E-state index is -1.17. The maximum Gasteiger partial charge on any atom is 0.311 e. The average molecular weight is 243 g/mol. The van der Waals surface area contributed by atoms with Crippen molar-refractivity contribution >= 4 is 11.7 Å². The van der Waals surface area contributed by atoms with Crippen LogP contribution < -0.4 is 5.73 Å². The molecule has 0 bridgehead atoms. The van der Waals surface area contributed by atoms with Crippen LogP contribution in [0.3, 0.4) is 0 Å². The number of carboxylic acid groups (broad SMARTS) is 1. The predicted molar refractivity (Wildman–Crippen MR) is 60.6 cm³/mol. The van der Waals surface area contributed by atoms with Crippen molar-refractivity contribution in [1.29, 1.82) is 0 Å². The van der Waals surface area contributed by atoms with Crippen LogP contribution in [-0.2, 0) is 4.79 Å². The average Bonchev–Trinajstić information content (AvgIpc) is 2.20. The number of rotatable bonds is 4. The number of carboxylic acids is 1. The van der Waals surface area contributed by atoms with Gasteiger partial charge in [0.25, 0.3) is 0 Å². The molecule has 0 heterocycles. The molecule has 1 atom stereocenters. The minimum absolute atomic E-state index is 0.0658. The molecule has 3 nitrogen and oxygen atoms in total. The highest BCUT2D eigenvalue weighted by Gasteiger charge is 2.25. The van der Waals surface area contributed by atoms with Crippen LogP contribution in [0.15, 0.2) is 12.1 Å². The molecule has 0 aliphatic heterocycles. The van der Waals surface area contributed by atoms with Crippen molar-refractivity contribution in [2.75, 3.05) is 5.73 Å². The zero-order valence-electron chi connectivity index (χ0n) is 9.71. The molecule has 1 aromatic carbocycles. The van der Waals surface area contributed by atoms with Crippen molar-refractivity contribution in [3.05, 3.63) is 29.3 Å². The van der Waals surface area contributed by atoms with Gasteiger partial charge in [-0.15, -0.1) is 0 Å². The topological polar surface area (TPSA) is 63.3 Å². The van der Waals surface area contributed by atoms with Gasteiger partial charge in [-0.3, -0.25) is 4.79 Å². The van der Waals surface area contributed by atoms with E-state index < -0.39 is 23.5 Å². The maximum absolute atomic E-state index is 13.6. The summed E-state index contributed by atoms with van der Waals surface area (Å²) in [5, 5.41) is 9.04. The number of anilines is 1. The van der Waals surface area contributed by atoms with Crippen molar-refractivity contribution in [1.82, 2.24) is 0 Å². The molecule has 0 spiro atoms. The summed E-state index contributed by atoms with van der Waals surface area (Å²) in [5.74, 6) is -3.73. The van der Waals surface area contributed by atoms with Crippen LogP contribution in [0.4, 0.5) is 14.5 Å². The molecule has 1 unspecified atom stereocenters. The molecule has 0 aliphatic rings. The first-order chi connectivity index (χ1) is 7.82. The third-order valence-corrected chi connectivity index (χ3v) is 2.50. The lowest BCUT2D eigenvalue weighted by atomic mass is 9.90. The Morgan fingerprint density at radius 2 is 1.94 bits per heavy atom. The lowest BCUT2D eigenvalue weighted by Crippen LogP contribution is -2.16. The highest BCUT2D eigenvalue weighted by Crippen LogP contribution is 2.28. The van der Waals surface area contributed by atoms with Gasteiger partial charge in [0.05, 0.1) is 11.6 Å². The van der Waals surface area contributed by atoms with E-state index in [9.17, 15) is 13.6 Å². The molecule has 1 rings (SSSR count). The molecule has 94 valence electrons. The highest BCUT2D eigenvalue weighted by atomic mass is 19.1. The van der Waals surface area contributed by atoms with Crippen LogP contribution in [-0.4, -0.2) is 11.1 Å². The Morgan fingerprint density at radius 3 is 2.41 bits per heavy atom. The van der Waals surface area contributed by atoms with Crippen molar-refractivity contribution in [2.45, 2.75) is 26.2 Å². The van der Waals surface area contributed by atoms with E-state index >= 15 is 0 Å². The van der Waals surface area contributed by atoms with E-state index in [1.165, 1.54) is 0 Å². The number of benzene rings is 1. The zero-order valence-corrected chi connectivity index (χ0v) is 9.71. The van der Waals surface area contributed by atoms with Gasteiger partial charge >= 0.3 is 5.97 Å². The van der Waals surface area contributed by atoms with Crippen LogP contribution in [0.25, 0.3) is 0 Å². The van der Waals surface area contributed by atoms with E-state index in [4.69, 9.17) is 10.8 Å². The fraction of sp³-hybridized carbons (Fsp3) is 0.417. The Labute approximate surface area is 98.2 Å². The summed E-state index contributed by atoms with van der Waals surface area (Å²) in [6, 6.07) is 1.69. The maximum atomic E-state index is 13.6. The Bertz CT molecular complexity index is 433. The fourth-order valence-electron chi connectivity index (χ4n) is 1.68. The van der Waals surface area contributed by atoms with Gasteiger partial charge in [0, 0.05) is 11.6 Å². The largest absolute Gasteiger partial charge is 0.481 e. The van der Waals surface area contributed by atoms with Crippen LogP contribution >= 0.6 is 0 Å². The molecule has 3 N–H and O–H groups in total. The molecular weight excluding hydrogens is 228 g/mol. The smallest absolute Gasteiger partial charge is 0.311 e. The van der Waals surface area contributed by atoms with Crippen molar-refractivity contribution < 1.29 is 18.7 Å². The normalized spacial score (nSPS) is 12.8. The Balaban J connectivity index is 3.18. The first-order valence-corrected chi connectivity index (χ1v) is 5.30. The summed E-state index contributed by atoms with van der Waals surface area (Å²) in [6.45, 7) is 3.64. The van der Waals surface area contributed by atoms with E-state index in [0.29, 0.717) is 0 Å². The number of carbonyl (C=O) groups is 1. The van der Waals surface area contributed by atoms with Gasteiger partial charge in [-0.05, 0) is 18.4 Å². The molecule has 1 aromatic rings. The lowest BCUT2D eigenvalue weighted by Gasteiger charge is -2.16. The minimum Gasteiger partial charge on any atom is -0.481 e. The quantitative estimate of drug-likeness (QED) is 0.799. The molecule has 0 fully saturated rings. The second-order valence-corrected chi connectivity index (χ2v) is 4.42. The van der Waals surface area contributed by atoms with Crippen molar-refractivity contribution in [3.8, 4) is 0 Å². The van der Waals surface area contributed by atoms with Crippen LogP contribution in [0.2, 0.25) is 0 Å². The van der Waals surface area contributed by atoms with Crippen molar-refractivity contribution in [2.24, 2.45) is 5.92 Å². The number of nitrogens with two attached hydrogens (primary N) is 1. The lowest BCUT2D eigenvalue weighted by molar-refractivity contribution is -0.139. The van der Waals surface area contributed by atoms with E-state index in [1.807, 2.05) is 13.8 Å². The summed E-state index contributed by atoms with van der Waals surface area (Å²) >= 11 is 0. The molecule has 5 heteroatoms. The molecule has 0 saturated carbocycles. The summed E-state index contributed by atoms with van der Waals surface area (Å²) in [7, 11) is 0. The van der Waals surface area contributed by atoms with E-state index in [1.54, 1.807) is 0 Å². The van der Waals surface area contributed by atoms with Gasteiger partial charge < -0.3 is 10.8 Å².